The van der Waals surface area contributed by atoms with Crippen molar-refractivity contribution in [1.82, 2.24) is 0 Å². The fourth-order valence-electron chi connectivity index (χ4n) is 2.02. The van der Waals surface area contributed by atoms with Crippen molar-refractivity contribution in [2.24, 2.45) is 5.92 Å². The molecule has 16 heavy (non-hydrogen) atoms. The van der Waals surface area contributed by atoms with Crippen LogP contribution in [0.5, 0.6) is 0 Å². The van der Waals surface area contributed by atoms with Gasteiger partial charge in [0.2, 0.25) is 0 Å². The Balaban J connectivity index is 2.23. The van der Waals surface area contributed by atoms with E-state index in [0.717, 1.165) is 12.0 Å². The van der Waals surface area contributed by atoms with Crippen molar-refractivity contribution in [1.29, 1.82) is 0 Å². The Morgan fingerprint density at radius 3 is 2.69 bits per heavy atom. The lowest BCUT2D eigenvalue weighted by molar-refractivity contribution is -0.151. The molecule has 0 bridgehead atoms. The third-order valence-corrected chi connectivity index (χ3v) is 3.09. The van der Waals surface area contributed by atoms with Gasteiger partial charge in [-0.25, -0.2) is 0 Å². The number of halogens is 1. The molecular formula is C12H13ClO3. The Bertz CT molecular complexity index is 374. The van der Waals surface area contributed by atoms with Crippen LogP contribution in [-0.2, 0) is 9.53 Å². The van der Waals surface area contributed by atoms with Gasteiger partial charge in [-0.1, -0.05) is 23.7 Å². The number of carbonyl (C=O) groups is 1. The summed E-state index contributed by atoms with van der Waals surface area (Å²) in [4.78, 5) is 11.1. The number of carboxylic acids is 1. The fourth-order valence-corrected chi connectivity index (χ4v) is 2.14. The number of hydrogen-bond acceptors (Lipinski definition) is 2. The molecule has 1 heterocycles. The van der Waals surface area contributed by atoms with Crippen molar-refractivity contribution in [2.45, 2.75) is 18.9 Å². The molecule has 1 aliphatic rings. The van der Waals surface area contributed by atoms with E-state index in [0.29, 0.717) is 18.1 Å². The predicted molar refractivity (Wildman–Crippen MR) is 60.5 cm³/mol. The van der Waals surface area contributed by atoms with Crippen molar-refractivity contribution in [2.75, 3.05) is 6.61 Å². The Morgan fingerprint density at radius 2 is 2.06 bits per heavy atom. The Kier molecular flexibility index (Phi) is 3.46. The molecule has 2 atom stereocenters. The molecule has 1 aromatic carbocycles. The minimum absolute atomic E-state index is 0.344. The highest BCUT2D eigenvalue weighted by Gasteiger charge is 2.32. The molecule has 1 aromatic rings. The van der Waals surface area contributed by atoms with Gasteiger partial charge < -0.3 is 9.84 Å². The van der Waals surface area contributed by atoms with E-state index in [4.69, 9.17) is 21.4 Å². The predicted octanol–water partition coefficient (Wildman–Crippen LogP) is 2.89. The molecule has 2 unspecified atom stereocenters. The molecule has 1 fully saturated rings. The maximum absolute atomic E-state index is 11.1. The van der Waals surface area contributed by atoms with Gasteiger partial charge in [-0.3, -0.25) is 4.79 Å². The summed E-state index contributed by atoms with van der Waals surface area (Å²) in [5.74, 6) is -1.24. The van der Waals surface area contributed by atoms with E-state index in [1.165, 1.54) is 0 Å². The summed E-state index contributed by atoms with van der Waals surface area (Å²) in [5.41, 5.74) is 0.886. The smallest absolute Gasteiger partial charge is 0.309 e. The summed E-state index contributed by atoms with van der Waals surface area (Å²) >= 11 is 5.79. The molecule has 0 aromatic heterocycles. The minimum atomic E-state index is -0.792. The third-order valence-electron chi connectivity index (χ3n) is 2.84. The van der Waals surface area contributed by atoms with E-state index in [-0.39, 0.29) is 6.10 Å². The van der Waals surface area contributed by atoms with E-state index in [2.05, 4.69) is 0 Å². The average Bonchev–Trinajstić information content (AvgIpc) is 2.30. The molecule has 86 valence electrons. The van der Waals surface area contributed by atoms with Crippen LogP contribution >= 0.6 is 11.6 Å². The van der Waals surface area contributed by atoms with E-state index in [1.807, 2.05) is 12.1 Å². The van der Waals surface area contributed by atoms with Crippen molar-refractivity contribution < 1.29 is 14.6 Å². The molecular weight excluding hydrogens is 228 g/mol. The van der Waals surface area contributed by atoms with E-state index < -0.39 is 11.9 Å². The summed E-state index contributed by atoms with van der Waals surface area (Å²) < 4.78 is 5.55. The lowest BCUT2D eigenvalue weighted by atomic mass is 9.90. The molecule has 1 aliphatic heterocycles. The van der Waals surface area contributed by atoms with Gasteiger partial charge in [-0.2, -0.15) is 0 Å². The average molecular weight is 241 g/mol. The van der Waals surface area contributed by atoms with Crippen LogP contribution in [0, 0.1) is 5.92 Å². The van der Waals surface area contributed by atoms with Gasteiger partial charge in [-0.15, -0.1) is 0 Å². The van der Waals surface area contributed by atoms with Gasteiger partial charge in [0.25, 0.3) is 0 Å². The highest BCUT2D eigenvalue weighted by molar-refractivity contribution is 6.30. The van der Waals surface area contributed by atoms with Crippen LogP contribution in [0.25, 0.3) is 0 Å². The molecule has 0 radical (unpaired) electrons. The van der Waals surface area contributed by atoms with Crippen LogP contribution in [0.3, 0.4) is 0 Å². The minimum Gasteiger partial charge on any atom is -0.481 e. The molecule has 0 spiro atoms. The highest BCUT2D eigenvalue weighted by atomic mass is 35.5. The maximum Gasteiger partial charge on any atom is 0.309 e. The van der Waals surface area contributed by atoms with Crippen molar-refractivity contribution >= 4 is 17.6 Å². The standard InChI is InChI=1S/C12H13ClO3/c13-9-5-3-8(4-6-9)11-10(12(14)15)2-1-7-16-11/h3-6,10-11H,1-2,7H2,(H,14,15). The lowest BCUT2D eigenvalue weighted by Crippen LogP contribution is -2.28. The second kappa shape index (κ2) is 4.85. The summed E-state index contributed by atoms with van der Waals surface area (Å²) in [6, 6.07) is 7.17. The highest BCUT2D eigenvalue weighted by Crippen LogP contribution is 2.34. The zero-order valence-electron chi connectivity index (χ0n) is 8.73. The zero-order valence-corrected chi connectivity index (χ0v) is 9.48. The van der Waals surface area contributed by atoms with Gasteiger partial charge in [0.15, 0.2) is 0 Å². The molecule has 1 saturated heterocycles. The lowest BCUT2D eigenvalue weighted by Gasteiger charge is -2.29. The first kappa shape index (κ1) is 11.4. The summed E-state index contributed by atoms with van der Waals surface area (Å²) in [5, 5.41) is 9.76. The first-order valence-electron chi connectivity index (χ1n) is 5.28. The molecule has 1 N–H and O–H groups in total. The molecule has 0 amide bonds. The maximum atomic E-state index is 11.1. The second-order valence-electron chi connectivity index (χ2n) is 3.93. The summed E-state index contributed by atoms with van der Waals surface area (Å²) in [6.45, 7) is 0.622. The van der Waals surface area contributed by atoms with Crippen LogP contribution < -0.4 is 0 Å². The monoisotopic (exact) mass is 240 g/mol. The van der Waals surface area contributed by atoms with E-state index in [9.17, 15) is 4.79 Å². The number of aliphatic carboxylic acids is 1. The fraction of sp³-hybridized carbons (Fsp3) is 0.417. The largest absolute Gasteiger partial charge is 0.481 e. The van der Waals surface area contributed by atoms with Crippen molar-refractivity contribution in [3.63, 3.8) is 0 Å². The Morgan fingerprint density at radius 1 is 1.38 bits per heavy atom. The summed E-state index contributed by atoms with van der Waals surface area (Å²) in [6.07, 6.45) is 1.13. The molecule has 4 heteroatoms. The normalized spacial score (nSPS) is 25.3. The van der Waals surface area contributed by atoms with Gasteiger partial charge in [-0.05, 0) is 30.5 Å². The SMILES string of the molecule is O=C(O)C1CCCOC1c1ccc(Cl)cc1. The number of rotatable bonds is 2. The van der Waals surface area contributed by atoms with Crippen LogP contribution in [0.4, 0.5) is 0 Å². The molecule has 2 rings (SSSR count). The first-order valence-corrected chi connectivity index (χ1v) is 5.66. The van der Waals surface area contributed by atoms with Gasteiger partial charge >= 0.3 is 5.97 Å². The zero-order chi connectivity index (χ0) is 11.5. The van der Waals surface area contributed by atoms with E-state index >= 15 is 0 Å². The van der Waals surface area contributed by atoms with Gasteiger partial charge in [0.05, 0.1) is 12.0 Å². The van der Waals surface area contributed by atoms with Crippen LogP contribution in [0.1, 0.15) is 24.5 Å². The number of carboxylic acid groups (broad SMARTS) is 1. The third kappa shape index (κ3) is 2.36. The quantitative estimate of drug-likeness (QED) is 0.865. The molecule has 0 saturated carbocycles. The summed E-state index contributed by atoms with van der Waals surface area (Å²) in [7, 11) is 0. The van der Waals surface area contributed by atoms with Gasteiger partial charge in [0, 0.05) is 11.6 Å². The Hall–Kier alpha value is -1.06. The van der Waals surface area contributed by atoms with Crippen LogP contribution in [0.2, 0.25) is 5.02 Å². The van der Waals surface area contributed by atoms with Gasteiger partial charge in [0.1, 0.15) is 0 Å². The number of ether oxygens (including phenoxy) is 1. The van der Waals surface area contributed by atoms with Crippen molar-refractivity contribution in [3.8, 4) is 0 Å². The second-order valence-corrected chi connectivity index (χ2v) is 4.37. The first-order chi connectivity index (χ1) is 7.68. The number of benzene rings is 1. The number of hydrogen-bond donors (Lipinski definition) is 1. The molecule has 0 aliphatic carbocycles. The van der Waals surface area contributed by atoms with Crippen LogP contribution in [-0.4, -0.2) is 17.7 Å². The van der Waals surface area contributed by atoms with Crippen LogP contribution in [0.15, 0.2) is 24.3 Å². The molecule has 3 nitrogen and oxygen atoms in total. The Labute approximate surface area is 99.0 Å². The van der Waals surface area contributed by atoms with E-state index in [1.54, 1.807) is 12.1 Å². The van der Waals surface area contributed by atoms with Crippen molar-refractivity contribution in [3.05, 3.63) is 34.9 Å². The topological polar surface area (TPSA) is 46.5 Å².